The molecule has 108 valence electrons. The number of alkyl halides is 2. The number of halogens is 4. The fraction of sp³-hybridized carbons (Fsp3) is 0.250. The van der Waals surface area contributed by atoms with Crippen molar-refractivity contribution in [3.63, 3.8) is 0 Å². The zero-order chi connectivity index (χ0) is 15.1. The second kappa shape index (κ2) is 8.94. The molecule has 0 aliphatic heterocycles. The Kier molecular flexibility index (Phi) is 7.98. The summed E-state index contributed by atoms with van der Waals surface area (Å²) in [6.07, 6.45) is 0. The molecule has 0 saturated heterocycles. The van der Waals surface area contributed by atoms with E-state index < -0.39 is 0 Å². The number of benzene rings is 2. The molecule has 0 spiro atoms. The lowest BCUT2D eigenvalue weighted by Gasteiger charge is -2.01. The summed E-state index contributed by atoms with van der Waals surface area (Å²) >= 11 is 20.7. The first kappa shape index (κ1) is 17.8. The molecule has 2 atom stereocenters. The molecule has 4 heteroatoms. The van der Waals surface area contributed by atoms with Crippen LogP contribution >= 0.6 is 50.7 Å². The number of hydrogen-bond donors (Lipinski definition) is 0. The van der Waals surface area contributed by atoms with Crippen molar-refractivity contribution in [2.75, 3.05) is 0 Å². The van der Waals surface area contributed by atoms with E-state index in [9.17, 15) is 0 Å². The van der Waals surface area contributed by atoms with Gasteiger partial charge in [-0.3, -0.25) is 0 Å². The zero-order valence-electron chi connectivity index (χ0n) is 11.3. The van der Waals surface area contributed by atoms with Crippen LogP contribution in [0, 0.1) is 0 Å². The average Bonchev–Trinajstić information content (AvgIpc) is 2.40. The topological polar surface area (TPSA) is 0 Å². The average molecular weight is 395 g/mol. The molecule has 2 aromatic carbocycles. The molecule has 0 amide bonds. The van der Waals surface area contributed by atoms with E-state index in [1.54, 1.807) is 0 Å². The normalized spacial score (nSPS) is 13.1. The Hall–Kier alpha value is -0.210. The minimum absolute atomic E-state index is 0.0669. The van der Waals surface area contributed by atoms with Crippen LogP contribution in [0.3, 0.4) is 0 Å². The van der Waals surface area contributed by atoms with E-state index >= 15 is 0 Å². The molecule has 0 nitrogen and oxygen atoms in total. The summed E-state index contributed by atoms with van der Waals surface area (Å²) < 4.78 is 0. The van der Waals surface area contributed by atoms with Crippen molar-refractivity contribution in [3.8, 4) is 0 Å². The fourth-order valence-corrected chi connectivity index (χ4v) is 2.16. The summed E-state index contributed by atoms with van der Waals surface area (Å²) in [4.78, 5) is 0.407. The maximum Gasteiger partial charge on any atom is 0.0557 e. The van der Waals surface area contributed by atoms with Crippen molar-refractivity contribution >= 4 is 50.7 Å². The van der Waals surface area contributed by atoms with Gasteiger partial charge in [0, 0.05) is 14.9 Å². The van der Waals surface area contributed by atoms with E-state index in [1.807, 2.05) is 55.5 Å². The summed E-state index contributed by atoms with van der Waals surface area (Å²) in [6.45, 7) is 4.02. The highest BCUT2D eigenvalue weighted by molar-refractivity contribution is 9.09. The lowest BCUT2D eigenvalue weighted by Crippen LogP contribution is -1.81. The number of rotatable bonds is 2. The standard InChI is InChI=1S/C8H8BrCl.C8H8Cl2/c2*1-6(9)7-2-4-8(10)5-3-7/h2*2-6H,1H3. The van der Waals surface area contributed by atoms with Crippen molar-refractivity contribution < 1.29 is 0 Å². The molecular formula is C16H16BrCl3. The van der Waals surface area contributed by atoms with Crippen LogP contribution in [0.2, 0.25) is 10.0 Å². The van der Waals surface area contributed by atoms with Gasteiger partial charge in [0.05, 0.1) is 5.38 Å². The van der Waals surface area contributed by atoms with Crippen LogP contribution in [0.4, 0.5) is 0 Å². The van der Waals surface area contributed by atoms with Crippen molar-refractivity contribution in [2.24, 2.45) is 0 Å². The van der Waals surface area contributed by atoms with Gasteiger partial charge in [0.15, 0.2) is 0 Å². The predicted molar refractivity (Wildman–Crippen MR) is 94.5 cm³/mol. The molecule has 2 unspecified atom stereocenters. The van der Waals surface area contributed by atoms with Crippen molar-refractivity contribution in [1.29, 1.82) is 0 Å². The smallest absolute Gasteiger partial charge is 0.0557 e. The van der Waals surface area contributed by atoms with E-state index in [4.69, 9.17) is 34.8 Å². The minimum Gasteiger partial charge on any atom is -0.118 e. The van der Waals surface area contributed by atoms with Crippen LogP contribution in [0.25, 0.3) is 0 Å². The van der Waals surface area contributed by atoms with Gasteiger partial charge in [-0.25, -0.2) is 0 Å². The van der Waals surface area contributed by atoms with E-state index in [2.05, 4.69) is 22.9 Å². The molecule has 0 aromatic heterocycles. The molecule has 0 saturated carbocycles. The van der Waals surface area contributed by atoms with Crippen molar-refractivity contribution in [1.82, 2.24) is 0 Å². The third-order valence-electron chi connectivity index (χ3n) is 2.66. The lowest BCUT2D eigenvalue weighted by molar-refractivity contribution is 1.08. The highest BCUT2D eigenvalue weighted by Crippen LogP contribution is 2.22. The molecule has 0 aliphatic rings. The van der Waals surface area contributed by atoms with Crippen LogP contribution in [0.5, 0.6) is 0 Å². The van der Waals surface area contributed by atoms with Gasteiger partial charge in [-0.15, -0.1) is 11.6 Å². The predicted octanol–water partition coefficient (Wildman–Crippen LogP) is 7.44. The Balaban J connectivity index is 0.000000200. The monoisotopic (exact) mass is 392 g/mol. The van der Waals surface area contributed by atoms with Gasteiger partial charge in [0.2, 0.25) is 0 Å². The molecule has 2 aromatic rings. The van der Waals surface area contributed by atoms with Gasteiger partial charge >= 0.3 is 0 Å². The Morgan fingerprint density at radius 1 is 0.750 bits per heavy atom. The SMILES string of the molecule is CC(Br)c1ccc(Cl)cc1.CC(Cl)c1ccc(Cl)cc1. The molecule has 0 heterocycles. The Bertz CT molecular complexity index is 455. The molecule has 0 bridgehead atoms. The van der Waals surface area contributed by atoms with E-state index in [0.717, 1.165) is 15.6 Å². The maximum atomic E-state index is 5.81. The summed E-state index contributed by atoms with van der Waals surface area (Å²) in [5.41, 5.74) is 2.36. The highest BCUT2D eigenvalue weighted by Gasteiger charge is 1.98. The highest BCUT2D eigenvalue weighted by atomic mass is 79.9. The molecular weight excluding hydrogens is 378 g/mol. The van der Waals surface area contributed by atoms with Gasteiger partial charge in [-0.05, 0) is 49.2 Å². The fourth-order valence-electron chi connectivity index (χ4n) is 1.46. The maximum absolute atomic E-state index is 5.81. The van der Waals surface area contributed by atoms with Gasteiger partial charge in [-0.1, -0.05) is 63.4 Å². The Labute approximate surface area is 144 Å². The van der Waals surface area contributed by atoms with Crippen LogP contribution in [0.1, 0.15) is 35.2 Å². The molecule has 0 radical (unpaired) electrons. The van der Waals surface area contributed by atoms with E-state index in [-0.39, 0.29) is 5.38 Å². The van der Waals surface area contributed by atoms with Crippen LogP contribution in [-0.4, -0.2) is 0 Å². The van der Waals surface area contributed by atoms with Crippen molar-refractivity contribution in [3.05, 3.63) is 69.7 Å². The molecule has 20 heavy (non-hydrogen) atoms. The second-order valence-corrected chi connectivity index (χ2v) is 7.24. The van der Waals surface area contributed by atoms with Crippen LogP contribution in [0.15, 0.2) is 48.5 Å². The largest absolute Gasteiger partial charge is 0.118 e. The molecule has 0 fully saturated rings. The third-order valence-corrected chi connectivity index (χ3v) is 3.94. The molecule has 2 rings (SSSR count). The van der Waals surface area contributed by atoms with Gasteiger partial charge in [0.25, 0.3) is 0 Å². The Morgan fingerprint density at radius 3 is 1.40 bits per heavy atom. The quantitative estimate of drug-likeness (QED) is 0.464. The minimum atomic E-state index is 0.0669. The third kappa shape index (κ3) is 6.49. The first-order valence-corrected chi connectivity index (χ1v) is 8.30. The summed E-state index contributed by atoms with van der Waals surface area (Å²) in [5, 5.41) is 1.61. The first-order chi connectivity index (χ1) is 9.40. The first-order valence-electron chi connectivity index (χ1n) is 6.19. The van der Waals surface area contributed by atoms with Gasteiger partial charge < -0.3 is 0 Å². The second-order valence-electron chi connectivity index (χ2n) is 4.34. The van der Waals surface area contributed by atoms with Gasteiger partial charge in [0.1, 0.15) is 0 Å². The van der Waals surface area contributed by atoms with Crippen LogP contribution < -0.4 is 0 Å². The zero-order valence-corrected chi connectivity index (χ0v) is 15.1. The molecule has 0 aliphatic carbocycles. The summed E-state index contributed by atoms with van der Waals surface area (Å²) in [5.74, 6) is 0. The van der Waals surface area contributed by atoms with Crippen molar-refractivity contribution in [2.45, 2.75) is 24.1 Å². The van der Waals surface area contributed by atoms with Crippen LogP contribution in [-0.2, 0) is 0 Å². The summed E-state index contributed by atoms with van der Waals surface area (Å²) in [7, 11) is 0. The molecule has 0 N–H and O–H groups in total. The summed E-state index contributed by atoms with van der Waals surface area (Å²) in [6, 6.07) is 15.4. The van der Waals surface area contributed by atoms with E-state index in [0.29, 0.717) is 4.83 Å². The van der Waals surface area contributed by atoms with E-state index in [1.165, 1.54) is 5.56 Å². The lowest BCUT2D eigenvalue weighted by atomic mass is 10.2. The number of hydrogen-bond acceptors (Lipinski definition) is 0. The van der Waals surface area contributed by atoms with Gasteiger partial charge in [-0.2, -0.15) is 0 Å². The Morgan fingerprint density at radius 2 is 1.10 bits per heavy atom.